The molecule has 0 unspecified atom stereocenters. The van der Waals surface area contributed by atoms with E-state index in [0.717, 1.165) is 11.3 Å². The first-order valence-corrected chi connectivity index (χ1v) is 8.44. The zero-order chi connectivity index (χ0) is 17.1. The third kappa shape index (κ3) is 3.80. The molecule has 1 amide bonds. The number of nitrogens with one attached hydrogen (secondary N) is 1. The highest BCUT2D eigenvalue weighted by Crippen LogP contribution is 2.30. The van der Waals surface area contributed by atoms with Gasteiger partial charge in [0, 0.05) is 0 Å². The summed E-state index contributed by atoms with van der Waals surface area (Å²) in [6, 6.07) is 13.2. The molecule has 4 nitrogen and oxygen atoms in total. The maximum atomic E-state index is 12.1. The molecule has 1 fully saturated rings. The molecule has 6 heteroatoms. The molecule has 0 atom stereocenters. The van der Waals surface area contributed by atoms with Crippen molar-refractivity contribution in [3.8, 4) is 5.75 Å². The number of amidine groups is 1. The molecule has 1 aliphatic rings. The Kier molecular flexibility index (Phi) is 4.92. The highest BCUT2D eigenvalue weighted by molar-refractivity contribution is 8.18. The van der Waals surface area contributed by atoms with E-state index in [1.54, 1.807) is 25.3 Å². The lowest BCUT2D eigenvalue weighted by atomic mass is 10.2. The minimum atomic E-state index is -0.169. The van der Waals surface area contributed by atoms with Gasteiger partial charge in [0.2, 0.25) is 0 Å². The van der Waals surface area contributed by atoms with Gasteiger partial charge in [0.05, 0.1) is 22.7 Å². The van der Waals surface area contributed by atoms with Crippen LogP contribution < -0.4 is 10.1 Å². The molecular formula is C18H15ClN2O2S. The molecule has 1 heterocycles. The van der Waals surface area contributed by atoms with Crippen LogP contribution in [0.5, 0.6) is 5.75 Å². The molecular weight excluding hydrogens is 344 g/mol. The van der Waals surface area contributed by atoms with Crippen molar-refractivity contribution in [3.63, 3.8) is 0 Å². The van der Waals surface area contributed by atoms with Crippen molar-refractivity contribution in [2.45, 2.75) is 6.92 Å². The summed E-state index contributed by atoms with van der Waals surface area (Å²) in [6.45, 7) is 2.02. The fourth-order valence-corrected chi connectivity index (χ4v) is 3.25. The van der Waals surface area contributed by atoms with Crippen LogP contribution in [0.25, 0.3) is 6.08 Å². The molecule has 0 saturated carbocycles. The molecule has 0 radical (unpaired) electrons. The van der Waals surface area contributed by atoms with Crippen LogP contribution in [0.2, 0.25) is 5.02 Å². The number of ether oxygens (including phenoxy) is 1. The molecule has 2 aromatic carbocycles. The highest BCUT2D eigenvalue weighted by atomic mass is 35.5. The molecule has 1 aliphatic heterocycles. The number of aliphatic imine (C=N–C) groups is 1. The van der Waals surface area contributed by atoms with Gasteiger partial charge in [0.1, 0.15) is 5.75 Å². The fraction of sp³-hybridized carbons (Fsp3) is 0.111. The van der Waals surface area contributed by atoms with Crippen molar-refractivity contribution >= 4 is 46.2 Å². The van der Waals surface area contributed by atoms with Gasteiger partial charge < -0.3 is 10.1 Å². The quantitative estimate of drug-likeness (QED) is 0.819. The predicted molar refractivity (Wildman–Crippen MR) is 100.0 cm³/mol. The lowest BCUT2D eigenvalue weighted by Crippen LogP contribution is -2.19. The largest absolute Gasteiger partial charge is 0.495 e. The number of halogens is 1. The second kappa shape index (κ2) is 7.11. The first kappa shape index (κ1) is 16.6. The van der Waals surface area contributed by atoms with Crippen molar-refractivity contribution in [3.05, 3.63) is 63.5 Å². The van der Waals surface area contributed by atoms with Crippen LogP contribution in [-0.2, 0) is 4.79 Å². The standard InChI is InChI=1S/C18H15ClN2O2S/c1-11-3-6-13(7-4-11)20-18-21-17(22)16(24-18)10-12-5-8-15(23-2)14(19)9-12/h3-10H,1-2H3,(H,20,21,22). The fourth-order valence-electron chi connectivity index (χ4n) is 2.14. The van der Waals surface area contributed by atoms with Crippen molar-refractivity contribution in [2.24, 2.45) is 4.99 Å². The summed E-state index contributed by atoms with van der Waals surface area (Å²) in [5.74, 6) is 0.432. The van der Waals surface area contributed by atoms with E-state index >= 15 is 0 Å². The van der Waals surface area contributed by atoms with E-state index < -0.39 is 0 Å². The predicted octanol–water partition coefficient (Wildman–Crippen LogP) is 4.55. The van der Waals surface area contributed by atoms with E-state index in [-0.39, 0.29) is 5.91 Å². The number of rotatable bonds is 3. The Morgan fingerprint density at radius 2 is 1.96 bits per heavy atom. The number of methoxy groups -OCH3 is 1. The van der Waals surface area contributed by atoms with Gasteiger partial charge in [-0.1, -0.05) is 35.4 Å². The smallest absolute Gasteiger partial charge is 0.264 e. The molecule has 1 N–H and O–H groups in total. The summed E-state index contributed by atoms with van der Waals surface area (Å²) in [6.07, 6.45) is 1.78. The molecule has 3 rings (SSSR count). The topological polar surface area (TPSA) is 50.7 Å². The van der Waals surface area contributed by atoms with Gasteiger partial charge in [0.15, 0.2) is 5.17 Å². The zero-order valence-corrected chi connectivity index (χ0v) is 14.7. The summed E-state index contributed by atoms with van der Waals surface area (Å²) < 4.78 is 5.13. The number of thioether (sulfide) groups is 1. The first-order valence-electron chi connectivity index (χ1n) is 7.25. The number of hydrogen-bond donors (Lipinski definition) is 1. The van der Waals surface area contributed by atoms with Crippen LogP contribution in [0.3, 0.4) is 0 Å². The van der Waals surface area contributed by atoms with Crippen molar-refractivity contribution in [2.75, 3.05) is 7.11 Å². The Hall–Kier alpha value is -2.24. The van der Waals surface area contributed by atoms with Gasteiger partial charge in [-0.05, 0) is 54.6 Å². The minimum Gasteiger partial charge on any atom is -0.495 e. The summed E-state index contributed by atoms with van der Waals surface area (Å²) in [5.41, 5.74) is 2.80. The van der Waals surface area contributed by atoms with Crippen molar-refractivity contribution in [1.29, 1.82) is 0 Å². The van der Waals surface area contributed by atoms with Gasteiger partial charge in [-0.15, -0.1) is 0 Å². The Bertz CT molecular complexity index is 845. The number of amides is 1. The van der Waals surface area contributed by atoms with Crippen LogP contribution in [0.15, 0.2) is 52.4 Å². The van der Waals surface area contributed by atoms with E-state index in [1.165, 1.54) is 17.3 Å². The monoisotopic (exact) mass is 358 g/mol. The molecule has 24 heavy (non-hydrogen) atoms. The van der Waals surface area contributed by atoms with Gasteiger partial charge in [-0.2, -0.15) is 0 Å². The molecule has 0 bridgehead atoms. The van der Waals surface area contributed by atoms with Crippen LogP contribution in [0.4, 0.5) is 5.69 Å². The Balaban J connectivity index is 1.81. The van der Waals surface area contributed by atoms with Crippen LogP contribution >= 0.6 is 23.4 Å². The summed E-state index contributed by atoms with van der Waals surface area (Å²) in [7, 11) is 1.56. The number of benzene rings is 2. The molecule has 0 spiro atoms. The molecule has 122 valence electrons. The third-order valence-corrected chi connectivity index (χ3v) is 4.59. The van der Waals surface area contributed by atoms with E-state index in [9.17, 15) is 4.79 Å². The number of carbonyl (C=O) groups excluding carboxylic acids is 1. The number of hydrogen-bond acceptors (Lipinski definition) is 4. The zero-order valence-electron chi connectivity index (χ0n) is 13.2. The molecule has 0 aromatic heterocycles. The maximum Gasteiger partial charge on any atom is 0.264 e. The average Bonchev–Trinajstić information content (AvgIpc) is 2.89. The van der Waals surface area contributed by atoms with E-state index in [1.807, 2.05) is 37.3 Å². The number of aryl methyl sites for hydroxylation is 1. The normalized spacial score (nSPS) is 17.4. The lowest BCUT2D eigenvalue weighted by Gasteiger charge is -2.03. The van der Waals surface area contributed by atoms with Gasteiger partial charge in [0.25, 0.3) is 5.91 Å². The van der Waals surface area contributed by atoms with E-state index in [0.29, 0.717) is 20.8 Å². The summed E-state index contributed by atoms with van der Waals surface area (Å²) in [5, 5.41) is 3.84. The number of nitrogens with zero attached hydrogens (tertiary/aromatic N) is 1. The second-order valence-electron chi connectivity index (χ2n) is 5.21. The molecule has 1 saturated heterocycles. The number of carbonyl (C=O) groups is 1. The minimum absolute atomic E-state index is 0.169. The molecule has 2 aromatic rings. The summed E-state index contributed by atoms with van der Waals surface area (Å²) >= 11 is 7.42. The average molecular weight is 359 g/mol. The Morgan fingerprint density at radius 1 is 1.21 bits per heavy atom. The van der Waals surface area contributed by atoms with Crippen molar-refractivity contribution < 1.29 is 9.53 Å². The van der Waals surface area contributed by atoms with Crippen LogP contribution in [0, 0.1) is 6.92 Å². The highest BCUT2D eigenvalue weighted by Gasteiger charge is 2.23. The Labute approximate surface area is 149 Å². The lowest BCUT2D eigenvalue weighted by molar-refractivity contribution is -0.115. The van der Waals surface area contributed by atoms with Gasteiger partial charge >= 0.3 is 0 Å². The van der Waals surface area contributed by atoms with Crippen LogP contribution in [-0.4, -0.2) is 18.2 Å². The maximum absolute atomic E-state index is 12.1. The van der Waals surface area contributed by atoms with Gasteiger partial charge in [-0.25, -0.2) is 4.99 Å². The van der Waals surface area contributed by atoms with Crippen LogP contribution in [0.1, 0.15) is 11.1 Å². The molecule has 0 aliphatic carbocycles. The third-order valence-electron chi connectivity index (χ3n) is 3.39. The Morgan fingerprint density at radius 3 is 2.62 bits per heavy atom. The van der Waals surface area contributed by atoms with E-state index in [2.05, 4.69) is 10.3 Å². The van der Waals surface area contributed by atoms with E-state index in [4.69, 9.17) is 16.3 Å². The van der Waals surface area contributed by atoms with Crippen molar-refractivity contribution in [1.82, 2.24) is 5.32 Å². The van der Waals surface area contributed by atoms with Gasteiger partial charge in [-0.3, -0.25) is 4.79 Å². The summed E-state index contributed by atoms with van der Waals surface area (Å²) in [4.78, 5) is 17.1. The second-order valence-corrected chi connectivity index (χ2v) is 6.65. The first-order chi connectivity index (χ1) is 11.5. The SMILES string of the molecule is COc1ccc(C=C2SC(=Nc3ccc(C)cc3)NC2=O)cc1Cl.